The number of carboxylic acid groups (broad SMARTS) is 2. The minimum absolute atomic E-state index is 0.233. The zero-order valence-corrected chi connectivity index (χ0v) is 24.4. The van der Waals surface area contributed by atoms with Gasteiger partial charge in [0.05, 0.1) is 35.0 Å². The van der Waals surface area contributed by atoms with E-state index in [1.54, 1.807) is 12.1 Å². The first-order valence-electron chi connectivity index (χ1n) is 14.0. The highest BCUT2D eigenvalue weighted by Gasteiger charge is 2.18. The van der Waals surface area contributed by atoms with Crippen LogP contribution in [0.3, 0.4) is 0 Å². The molecule has 0 unspecified atom stereocenters. The largest absolute Gasteiger partial charge is 0.478 e. The summed E-state index contributed by atoms with van der Waals surface area (Å²) in [7, 11) is 0. The Morgan fingerprint density at radius 3 is 2.30 bits per heavy atom. The number of aromatic nitrogens is 1. The summed E-state index contributed by atoms with van der Waals surface area (Å²) in [6.45, 7) is 7.60. The number of aliphatic carboxylic acids is 2. The van der Waals surface area contributed by atoms with Crippen LogP contribution in [0.25, 0.3) is 22.2 Å². The van der Waals surface area contributed by atoms with Gasteiger partial charge in [-0.1, -0.05) is 23.7 Å². The summed E-state index contributed by atoms with van der Waals surface area (Å²) in [4.78, 5) is 41.7. The first kappa shape index (κ1) is 32.0. The third-order valence-electron chi connectivity index (χ3n) is 7.12. The van der Waals surface area contributed by atoms with Crippen molar-refractivity contribution in [2.75, 3.05) is 52.5 Å². The number of carboxylic acids is 2. The van der Waals surface area contributed by atoms with E-state index in [4.69, 9.17) is 31.5 Å². The fourth-order valence-corrected chi connectivity index (χ4v) is 5.28. The number of carbonyl (C=O) groups is 3. The number of rotatable bonds is 9. The lowest BCUT2D eigenvalue weighted by molar-refractivity contribution is -0.134. The molecule has 2 aliphatic rings. The molecule has 0 spiro atoms. The number of amides is 1. The van der Waals surface area contributed by atoms with Crippen molar-refractivity contribution in [2.45, 2.75) is 19.4 Å². The van der Waals surface area contributed by atoms with E-state index in [9.17, 15) is 18.8 Å². The molecule has 10 nitrogen and oxygen atoms in total. The van der Waals surface area contributed by atoms with Crippen LogP contribution >= 0.6 is 11.6 Å². The van der Waals surface area contributed by atoms with E-state index in [2.05, 4.69) is 15.1 Å². The van der Waals surface area contributed by atoms with Crippen LogP contribution in [0, 0.1) is 5.82 Å². The Kier molecular flexibility index (Phi) is 11.6. The van der Waals surface area contributed by atoms with Gasteiger partial charge in [-0.15, -0.1) is 0 Å². The van der Waals surface area contributed by atoms with Crippen LogP contribution in [-0.2, 0) is 20.9 Å². The predicted octanol–water partition coefficient (Wildman–Crippen LogP) is 4.06. The van der Waals surface area contributed by atoms with Gasteiger partial charge >= 0.3 is 11.9 Å². The number of ether oxygens (including phenoxy) is 1. The number of nitrogens with one attached hydrogen (secondary N) is 1. The van der Waals surface area contributed by atoms with Gasteiger partial charge in [0.15, 0.2) is 0 Å². The number of carbonyl (C=O) groups excluding carboxylic acids is 1. The van der Waals surface area contributed by atoms with Crippen molar-refractivity contribution in [1.29, 1.82) is 0 Å². The van der Waals surface area contributed by atoms with Crippen molar-refractivity contribution in [3.63, 3.8) is 0 Å². The summed E-state index contributed by atoms with van der Waals surface area (Å²) < 4.78 is 19.5. The number of morpholine rings is 1. The van der Waals surface area contributed by atoms with Gasteiger partial charge in [-0.25, -0.2) is 19.0 Å². The average molecular weight is 613 g/mol. The number of hydrogen-bond acceptors (Lipinski definition) is 7. The highest BCUT2D eigenvalue weighted by molar-refractivity contribution is 6.33. The van der Waals surface area contributed by atoms with Gasteiger partial charge in [0, 0.05) is 55.8 Å². The molecule has 3 N–H and O–H groups in total. The second-order valence-corrected chi connectivity index (χ2v) is 10.6. The Hall–Kier alpha value is -3.90. The quantitative estimate of drug-likeness (QED) is 0.306. The molecular weight excluding hydrogens is 579 g/mol. The first-order chi connectivity index (χ1) is 20.7. The number of nitrogens with zero attached hydrogens (tertiary/aromatic N) is 3. The maximum absolute atomic E-state index is 14.1. The van der Waals surface area contributed by atoms with E-state index in [1.165, 1.54) is 25.0 Å². The second-order valence-electron chi connectivity index (χ2n) is 10.2. The number of hydrogen-bond donors (Lipinski definition) is 3. The van der Waals surface area contributed by atoms with Gasteiger partial charge in [-0.3, -0.25) is 9.69 Å². The van der Waals surface area contributed by atoms with Crippen molar-refractivity contribution in [3.8, 4) is 11.3 Å². The summed E-state index contributed by atoms with van der Waals surface area (Å²) in [5, 5.41) is 19.7. The van der Waals surface area contributed by atoms with E-state index in [0.717, 1.165) is 63.6 Å². The fraction of sp³-hybridized carbons (Fsp3) is 0.355. The summed E-state index contributed by atoms with van der Waals surface area (Å²) >= 11 is 6.70. The summed E-state index contributed by atoms with van der Waals surface area (Å²) in [5.74, 6) is -3.15. The van der Waals surface area contributed by atoms with Crippen LogP contribution in [0.1, 0.15) is 28.8 Å². The van der Waals surface area contributed by atoms with Gasteiger partial charge in [-0.2, -0.15) is 0 Å². The number of likely N-dealkylation sites (tertiary alicyclic amines) is 1. The zero-order chi connectivity index (χ0) is 30.8. The van der Waals surface area contributed by atoms with Crippen LogP contribution in [-0.4, -0.2) is 95.3 Å². The van der Waals surface area contributed by atoms with E-state index < -0.39 is 17.8 Å². The monoisotopic (exact) mass is 612 g/mol. The second kappa shape index (κ2) is 15.5. The third-order valence-corrected chi connectivity index (χ3v) is 7.43. The molecule has 2 fully saturated rings. The highest BCUT2D eigenvalue weighted by Crippen LogP contribution is 2.31. The molecule has 0 saturated carbocycles. The molecule has 3 aromatic rings. The molecule has 0 atom stereocenters. The van der Waals surface area contributed by atoms with E-state index in [1.807, 2.05) is 18.2 Å². The molecule has 2 saturated heterocycles. The standard InChI is InChI=1S/C27H30ClFN4O2.C4H4O4/c28-24-15-19(18-33-11-13-35-14-12-33)3-5-21(24)26-17-23(22-16-20(29)4-6-25(22)31-26)27(34)30-7-10-32-8-1-2-9-32;5-3(6)1-2-4(7)8/h3-6,15-17H,1-2,7-14,18H2,(H,30,34);1-2H,(H,5,6)(H,7,8)/b;2-1+. The molecule has 43 heavy (non-hydrogen) atoms. The normalized spacial score (nSPS) is 15.8. The van der Waals surface area contributed by atoms with Crippen molar-refractivity contribution in [3.05, 3.63) is 76.6 Å². The number of benzene rings is 2. The molecule has 3 heterocycles. The van der Waals surface area contributed by atoms with Crippen molar-refractivity contribution in [1.82, 2.24) is 20.1 Å². The van der Waals surface area contributed by atoms with E-state index >= 15 is 0 Å². The highest BCUT2D eigenvalue weighted by atomic mass is 35.5. The van der Waals surface area contributed by atoms with Gasteiger partial charge in [0.2, 0.25) is 0 Å². The maximum Gasteiger partial charge on any atom is 0.328 e. The minimum atomic E-state index is -1.26. The van der Waals surface area contributed by atoms with Crippen molar-refractivity contribution in [2.24, 2.45) is 0 Å². The Balaban J connectivity index is 0.000000467. The van der Waals surface area contributed by atoms with Gasteiger partial charge in [0.1, 0.15) is 5.82 Å². The Labute approximate surface area is 253 Å². The van der Waals surface area contributed by atoms with Gasteiger partial charge < -0.3 is 25.2 Å². The van der Waals surface area contributed by atoms with E-state index in [0.29, 0.717) is 45.9 Å². The van der Waals surface area contributed by atoms with Crippen molar-refractivity contribution < 1.29 is 33.7 Å². The molecule has 5 rings (SSSR count). The van der Waals surface area contributed by atoms with E-state index in [-0.39, 0.29) is 5.91 Å². The summed E-state index contributed by atoms with van der Waals surface area (Å²) in [6, 6.07) is 12.0. The van der Waals surface area contributed by atoms with Crippen molar-refractivity contribution >= 4 is 40.3 Å². The maximum atomic E-state index is 14.1. The fourth-order valence-electron chi connectivity index (χ4n) is 4.98. The smallest absolute Gasteiger partial charge is 0.328 e. The van der Waals surface area contributed by atoms with Crippen LogP contribution in [0.5, 0.6) is 0 Å². The zero-order valence-electron chi connectivity index (χ0n) is 23.6. The number of fused-ring (bicyclic) bond motifs is 1. The molecule has 0 radical (unpaired) electrons. The average Bonchev–Trinajstić information content (AvgIpc) is 3.50. The SMILES string of the molecule is O=C(NCCN1CCCC1)c1cc(-c2ccc(CN3CCOCC3)cc2Cl)nc2ccc(F)cc12.O=C(O)/C=C/C(=O)O. The molecule has 228 valence electrons. The molecule has 0 aliphatic carbocycles. The molecule has 1 aromatic heterocycles. The third kappa shape index (κ3) is 9.55. The molecule has 2 aromatic carbocycles. The molecule has 1 amide bonds. The van der Waals surface area contributed by atoms with Crippen LogP contribution < -0.4 is 5.32 Å². The lowest BCUT2D eigenvalue weighted by Gasteiger charge is -2.26. The Morgan fingerprint density at radius 2 is 1.65 bits per heavy atom. The topological polar surface area (TPSA) is 132 Å². The summed E-state index contributed by atoms with van der Waals surface area (Å²) in [6.07, 6.45) is 3.53. The molecular formula is C31H34ClFN4O6. The summed E-state index contributed by atoms with van der Waals surface area (Å²) in [5.41, 5.74) is 3.41. The number of halogens is 2. The van der Waals surface area contributed by atoms with Crippen LogP contribution in [0.4, 0.5) is 4.39 Å². The van der Waals surface area contributed by atoms with Crippen LogP contribution in [0.15, 0.2) is 54.6 Å². The van der Waals surface area contributed by atoms with Gasteiger partial charge in [0.25, 0.3) is 5.91 Å². The lowest BCUT2D eigenvalue weighted by atomic mass is 10.0. The minimum Gasteiger partial charge on any atom is -0.478 e. The first-order valence-corrected chi connectivity index (χ1v) is 14.4. The lowest BCUT2D eigenvalue weighted by Crippen LogP contribution is -2.35. The molecule has 0 bridgehead atoms. The van der Waals surface area contributed by atoms with Gasteiger partial charge in [-0.05, 0) is 61.8 Å². The number of pyridine rings is 1. The predicted molar refractivity (Wildman–Crippen MR) is 161 cm³/mol. The molecule has 2 aliphatic heterocycles. The molecule has 12 heteroatoms. The van der Waals surface area contributed by atoms with Crippen LogP contribution in [0.2, 0.25) is 5.02 Å². The Morgan fingerprint density at radius 1 is 0.953 bits per heavy atom. The Bertz CT molecular complexity index is 1470.